The molecule has 6 nitrogen and oxygen atoms in total. The Hall–Kier alpha value is -2.54. The molecule has 1 fully saturated rings. The summed E-state index contributed by atoms with van der Waals surface area (Å²) in [6, 6.07) is 11.7. The van der Waals surface area contributed by atoms with E-state index in [1.807, 2.05) is 41.2 Å². The van der Waals surface area contributed by atoms with Crippen molar-refractivity contribution in [3.05, 3.63) is 59.5 Å². The summed E-state index contributed by atoms with van der Waals surface area (Å²) in [5.74, 6) is 1.25. The lowest BCUT2D eigenvalue weighted by atomic mass is 10.1. The van der Waals surface area contributed by atoms with Crippen LogP contribution in [0.4, 0.5) is 0 Å². The monoisotopic (exact) mass is 466 g/mol. The first-order valence-corrected chi connectivity index (χ1v) is 12.0. The summed E-state index contributed by atoms with van der Waals surface area (Å²) in [5.41, 5.74) is 3.69. The molecule has 1 aromatic carbocycles. The molecule has 0 radical (unpaired) electrons. The zero-order chi connectivity index (χ0) is 23.2. The van der Waals surface area contributed by atoms with E-state index < -0.39 is 0 Å². The SMILES string of the molecule is CC(C)CC(=O)Cn1cc(-c2ccc(CCN3CCOCC3)nc2)nc1-c1cccc(Cl)c1. The lowest BCUT2D eigenvalue weighted by Gasteiger charge is -2.26. The molecule has 1 aliphatic rings. The third-order valence-electron chi connectivity index (χ3n) is 5.75. The number of hydrogen-bond donors (Lipinski definition) is 0. The van der Waals surface area contributed by atoms with E-state index in [-0.39, 0.29) is 12.3 Å². The number of ketones is 1. The fourth-order valence-electron chi connectivity index (χ4n) is 4.06. The Morgan fingerprint density at radius 1 is 1.15 bits per heavy atom. The molecule has 3 aromatic rings. The minimum atomic E-state index is 0.189. The molecular formula is C26H31ClN4O2. The number of benzene rings is 1. The Bertz CT molecular complexity index is 1070. The Morgan fingerprint density at radius 3 is 2.67 bits per heavy atom. The van der Waals surface area contributed by atoms with E-state index >= 15 is 0 Å². The zero-order valence-electron chi connectivity index (χ0n) is 19.3. The smallest absolute Gasteiger partial charge is 0.152 e. The summed E-state index contributed by atoms with van der Waals surface area (Å²) in [6.07, 6.45) is 5.27. The second-order valence-electron chi connectivity index (χ2n) is 8.97. The Balaban J connectivity index is 1.54. The molecule has 0 bridgehead atoms. The number of morpholine rings is 1. The number of hydrogen-bond acceptors (Lipinski definition) is 5. The summed E-state index contributed by atoms with van der Waals surface area (Å²) >= 11 is 6.22. The van der Waals surface area contributed by atoms with Crippen LogP contribution in [0.1, 0.15) is 26.0 Å². The molecule has 174 valence electrons. The van der Waals surface area contributed by atoms with Crippen LogP contribution in [0.2, 0.25) is 5.02 Å². The van der Waals surface area contributed by atoms with Gasteiger partial charge in [0.25, 0.3) is 0 Å². The molecule has 7 heteroatoms. The van der Waals surface area contributed by atoms with Gasteiger partial charge in [-0.05, 0) is 30.2 Å². The molecule has 0 unspecified atom stereocenters. The van der Waals surface area contributed by atoms with E-state index in [4.69, 9.17) is 21.3 Å². The highest BCUT2D eigenvalue weighted by Crippen LogP contribution is 2.27. The second kappa shape index (κ2) is 11.1. The van der Waals surface area contributed by atoms with Gasteiger partial charge >= 0.3 is 0 Å². The van der Waals surface area contributed by atoms with E-state index in [1.54, 1.807) is 0 Å². The number of Topliss-reactive ketones (excluding diaryl/α,β-unsaturated/α-hetero) is 1. The molecule has 0 N–H and O–H groups in total. The van der Waals surface area contributed by atoms with Crippen LogP contribution in [0.5, 0.6) is 0 Å². The Kier molecular flexibility index (Phi) is 7.91. The van der Waals surface area contributed by atoms with Gasteiger partial charge in [0.15, 0.2) is 5.78 Å². The van der Waals surface area contributed by atoms with Crippen molar-refractivity contribution in [1.29, 1.82) is 0 Å². The van der Waals surface area contributed by atoms with Gasteiger partial charge in [0.05, 0.1) is 25.5 Å². The number of pyridine rings is 1. The lowest BCUT2D eigenvalue weighted by molar-refractivity contribution is -0.120. The first-order valence-electron chi connectivity index (χ1n) is 11.6. The Morgan fingerprint density at radius 2 is 1.97 bits per heavy atom. The van der Waals surface area contributed by atoms with Gasteiger partial charge in [-0.15, -0.1) is 0 Å². The normalized spacial score (nSPS) is 14.7. The first kappa shape index (κ1) is 23.6. The zero-order valence-corrected chi connectivity index (χ0v) is 20.1. The quantitative estimate of drug-likeness (QED) is 0.455. The van der Waals surface area contributed by atoms with Crippen LogP contribution in [0.25, 0.3) is 22.6 Å². The van der Waals surface area contributed by atoms with Crippen LogP contribution in [0.3, 0.4) is 0 Å². The van der Waals surface area contributed by atoms with Crippen molar-refractivity contribution in [3.8, 4) is 22.6 Å². The topological polar surface area (TPSA) is 60.2 Å². The van der Waals surface area contributed by atoms with Gasteiger partial charge in [-0.2, -0.15) is 0 Å². The maximum absolute atomic E-state index is 12.6. The van der Waals surface area contributed by atoms with Gasteiger partial charge < -0.3 is 9.30 Å². The third kappa shape index (κ3) is 6.50. The van der Waals surface area contributed by atoms with E-state index in [0.29, 0.717) is 17.4 Å². The van der Waals surface area contributed by atoms with Gasteiger partial charge in [-0.1, -0.05) is 37.6 Å². The molecule has 0 aliphatic carbocycles. The minimum Gasteiger partial charge on any atom is -0.379 e. The van der Waals surface area contributed by atoms with Crippen molar-refractivity contribution in [2.24, 2.45) is 5.92 Å². The van der Waals surface area contributed by atoms with Crippen LogP contribution < -0.4 is 0 Å². The van der Waals surface area contributed by atoms with Gasteiger partial charge in [0, 0.05) is 66.7 Å². The molecule has 0 amide bonds. The standard InChI is InChI=1S/C26H31ClN4O2/c1-19(2)14-24(32)17-31-18-25(29-26(31)20-4-3-5-22(27)15-20)21-6-7-23(28-16-21)8-9-30-10-12-33-13-11-30/h3-7,15-16,18-19H,8-14,17H2,1-2H3. The van der Waals surface area contributed by atoms with Gasteiger partial charge in [0.2, 0.25) is 0 Å². The predicted octanol–water partition coefficient (Wildman–Crippen LogP) is 4.76. The highest BCUT2D eigenvalue weighted by molar-refractivity contribution is 6.30. The third-order valence-corrected chi connectivity index (χ3v) is 5.99. The number of carbonyl (C=O) groups is 1. The molecule has 0 atom stereocenters. The van der Waals surface area contributed by atoms with Crippen molar-refractivity contribution in [1.82, 2.24) is 19.4 Å². The number of imidazole rings is 1. The highest BCUT2D eigenvalue weighted by Gasteiger charge is 2.16. The van der Waals surface area contributed by atoms with E-state index in [0.717, 1.165) is 67.6 Å². The van der Waals surface area contributed by atoms with E-state index in [2.05, 4.69) is 35.9 Å². The molecule has 0 spiro atoms. The molecule has 4 rings (SSSR count). The molecule has 0 saturated carbocycles. The molecule has 3 heterocycles. The fourth-order valence-corrected chi connectivity index (χ4v) is 4.25. The average molecular weight is 467 g/mol. The number of aromatic nitrogens is 3. The number of carbonyl (C=O) groups excluding carboxylic acids is 1. The van der Waals surface area contributed by atoms with Crippen LogP contribution in [0.15, 0.2) is 48.8 Å². The maximum Gasteiger partial charge on any atom is 0.152 e. The van der Waals surface area contributed by atoms with Crippen LogP contribution >= 0.6 is 11.6 Å². The summed E-state index contributed by atoms with van der Waals surface area (Å²) in [4.78, 5) is 24.5. The fraction of sp³-hybridized carbons (Fsp3) is 0.423. The average Bonchev–Trinajstić information content (AvgIpc) is 3.22. The van der Waals surface area contributed by atoms with Crippen molar-refractivity contribution < 1.29 is 9.53 Å². The van der Waals surface area contributed by atoms with Crippen LogP contribution in [0, 0.1) is 5.92 Å². The van der Waals surface area contributed by atoms with Gasteiger partial charge in [-0.25, -0.2) is 4.98 Å². The summed E-state index contributed by atoms with van der Waals surface area (Å²) in [6.45, 7) is 8.98. The Labute approximate surface area is 200 Å². The minimum absolute atomic E-state index is 0.189. The van der Waals surface area contributed by atoms with Crippen molar-refractivity contribution in [3.63, 3.8) is 0 Å². The van der Waals surface area contributed by atoms with Gasteiger partial charge in [0.1, 0.15) is 5.82 Å². The molecule has 2 aromatic heterocycles. The summed E-state index contributed by atoms with van der Waals surface area (Å²) < 4.78 is 7.34. The van der Waals surface area contributed by atoms with Crippen molar-refractivity contribution in [2.45, 2.75) is 33.2 Å². The lowest BCUT2D eigenvalue weighted by Crippen LogP contribution is -2.37. The molecular weight excluding hydrogens is 436 g/mol. The highest BCUT2D eigenvalue weighted by atomic mass is 35.5. The van der Waals surface area contributed by atoms with Crippen molar-refractivity contribution in [2.75, 3.05) is 32.8 Å². The summed E-state index contributed by atoms with van der Waals surface area (Å²) in [5, 5.41) is 0.642. The molecule has 33 heavy (non-hydrogen) atoms. The number of ether oxygens (including phenoxy) is 1. The number of rotatable bonds is 9. The molecule has 1 aliphatic heterocycles. The largest absolute Gasteiger partial charge is 0.379 e. The summed E-state index contributed by atoms with van der Waals surface area (Å²) in [7, 11) is 0. The van der Waals surface area contributed by atoms with Crippen LogP contribution in [-0.4, -0.2) is 58.1 Å². The van der Waals surface area contributed by atoms with Gasteiger partial charge in [-0.3, -0.25) is 14.7 Å². The maximum atomic E-state index is 12.6. The first-order chi connectivity index (χ1) is 16.0. The van der Waals surface area contributed by atoms with E-state index in [9.17, 15) is 4.79 Å². The predicted molar refractivity (Wildman–Crippen MR) is 131 cm³/mol. The second-order valence-corrected chi connectivity index (χ2v) is 9.40. The number of nitrogens with zero attached hydrogens (tertiary/aromatic N) is 4. The van der Waals surface area contributed by atoms with Crippen molar-refractivity contribution >= 4 is 17.4 Å². The number of halogens is 1. The van der Waals surface area contributed by atoms with E-state index in [1.165, 1.54) is 0 Å². The molecule has 1 saturated heterocycles. The van der Waals surface area contributed by atoms with Crippen LogP contribution in [-0.2, 0) is 22.5 Å².